The van der Waals surface area contributed by atoms with Gasteiger partial charge >= 0.3 is 0 Å². The fraction of sp³-hybridized carbons (Fsp3) is 1.00. The van der Waals surface area contributed by atoms with E-state index in [9.17, 15) is 0 Å². The number of epoxide rings is 1. The van der Waals surface area contributed by atoms with Crippen LogP contribution in [0.5, 0.6) is 0 Å². The van der Waals surface area contributed by atoms with Gasteiger partial charge in [0.15, 0.2) is 5.79 Å². The molecule has 0 aromatic heterocycles. The van der Waals surface area contributed by atoms with Crippen molar-refractivity contribution < 1.29 is 18.9 Å². The van der Waals surface area contributed by atoms with Gasteiger partial charge in [-0.05, 0) is 13.3 Å². The van der Waals surface area contributed by atoms with Crippen LogP contribution in [0, 0.1) is 0 Å². The van der Waals surface area contributed by atoms with Crippen LogP contribution in [0.1, 0.15) is 58.8 Å². The predicted octanol–water partition coefficient (Wildman–Crippen LogP) is 3.53. The second kappa shape index (κ2) is 9.72. The molecule has 20 heavy (non-hydrogen) atoms. The van der Waals surface area contributed by atoms with Gasteiger partial charge in [-0.25, -0.2) is 0 Å². The standard InChI is InChI=1S/C16H32O4/c1-5-6-7-8-9-10-14(19-12-15-13-20-15)11-16(2,17-3)18-4/h14-15H,5-13H2,1-4H3. The minimum atomic E-state index is -0.557. The van der Waals surface area contributed by atoms with Crippen LogP contribution in [-0.2, 0) is 18.9 Å². The molecule has 1 rings (SSSR count). The van der Waals surface area contributed by atoms with Crippen LogP contribution >= 0.6 is 0 Å². The first-order chi connectivity index (χ1) is 9.63. The van der Waals surface area contributed by atoms with Crippen molar-refractivity contribution in [2.24, 2.45) is 0 Å². The van der Waals surface area contributed by atoms with Crippen LogP contribution in [0.2, 0.25) is 0 Å². The smallest absolute Gasteiger partial charge is 0.167 e. The Labute approximate surface area is 124 Å². The van der Waals surface area contributed by atoms with Crippen LogP contribution in [0.3, 0.4) is 0 Å². The molecule has 0 spiro atoms. The van der Waals surface area contributed by atoms with Crippen molar-refractivity contribution in [2.45, 2.75) is 76.8 Å². The van der Waals surface area contributed by atoms with Gasteiger partial charge < -0.3 is 18.9 Å². The van der Waals surface area contributed by atoms with Crippen LogP contribution in [0.15, 0.2) is 0 Å². The fourth-order valence-electron chi connectivity index (χ4n) is 2.29. The molecule has 0 bridgehead atoms. The Hall–Kier alpha value is -0.160. The first kappa shape index (κ1) is 17.9. The molecule has 0 aromatic rings. The summed E-state index contributed by atoms with van der Waals surface area (Å²) in [6, 6.07) is 0. The molecule has 1 aliphatic rings. The zero-order chi connectivity index (χ0) is 14.8. The highest BCUT2D eigenvalue weighted by Crippen LogP contribution is 2.24. The number of ether oxygens (including phenoxy) is 4. The van der Waals surface area contributed by atoms with E-state index in [1.54, 1.807) is 14.2 Å². The number of hydrogen-bond acceptors (Lipinski definition) is 4. The number of unbranched alkanes of at least 4 members (excludes halogenated alkanes) is 4. The monoisotopic (exact) mass is 288 g/mol. The lowest BCUT2D eigenvalue weighted by molar-refractivity contribution is -0.213. The summed E-state index contributed by atoms with van der Waals surface area (Å²) in [6.07, 6.45) is 8.75. The molecule has 1 saturated heterocycles. The first-order valence-corrected chi connectivity index (χ1v) is 7.97. The first-order valence-electron chi connectivity index (χ1n) is 7.97. The van der Waals surface area contributed by atoms with E-state index in [4.69, 9.17) is 18.9 Å². The molecule has 1 heterocycles. The van der Waals surface area contributed by atoms with Crippen molar-refractivity contribution in [1.82, 2.24) is 0 Å². The largest absolute Gasteiger partial charge is 0.375 e. The molecule has 0 saturated carbocycles. The summed E-state index contributed by atoms with van der Waals surface area (Å²) in [7, 11) is 3.37. The average molecular weight is 288 g/mol. The summed E-state index contributed by atoms with van der Waals surface area (Å²) in [4.78, 5) is 0. The van der Waals surface area contributed by atoms with E-state index >= 15 is 0 Å². The van der Waals surface area contributed by atoms with Crippen molar-refractivity contribution in [3.63, 3.8) is 0 Å². The number of methoxy groups -OCH3 is 2. The maximum absolute atomic E-state index is 5.99. The van der Waals surface area contributed by atoms with E-state index in [1.807, 2.05) is 6.92 Å². The van der Waals surface area contributed by atoms with Crippen molar-refractivity contribution in [2.75, 3.05) is 27.4 Å². The van der Waals surface area contributed by atoms with E-state index < -0.39 is 5.79 Å². The van der Waals surface area contributed by atoms with Crippen molar-refractivity contribution in [3.05, 3.63) is 0 Å². The third-order valence-corrected chi connectivity index (χ3v) is 4.01. The molecule has 2 unspecified atom stereocenters. The molecule has 4 nitrogen and oxygen atoms in total. The fourth-order valence-corrected chi connectivity index (χ4v) is 2.29. The lowest BCUT2D eigenvalue weighted by atomic mass is 10.0. The Bertz CT molecular complexity index is 237. The topological polar surface area (TPSA) is 40.2 Å². The molecule has 0 amide bonds. The Morgan fingerprint density at radius 3 is 2.35 bits per heavy atom. The van der Waals surface area contributed by atoms with Crippen LogP contribution in [0.25, 0.3) is 0 Å². The summed E-state index contributed by atoms with van der Waals surface area (Å²) in [5.41, 5.74) is 0. The zero-order valence-electron chi connectivity index (χ0n) is 13.7. The molecule has 0 radical (unpaired) electrons. The van der Waals surface area contributed by atoms with Gasteiger partial charge in [-0.15, -0.1) is 0 Å². The van der Waals surface area contributed by atoms with Crippen LogP contribution in [-0.4, -0.2) is 45.4 Å². The SMILES string of the molecule is CCCCCCCC(CC(C)(OC)OC)OCC1CO1. The van der Waals surface area contributed by atoms with Crippen LogP contribution < -0.4 is 0 Å². The molecule has 1 fully saturated rings. The van der Waals surface area contributed by atoms with Gasteiger partial charge in [0.25, 0.3) is 0 Å². The third-order valence-electron chi connectivity index (χ3n) is 4.01. The molecule has 0 aromatic carbocycles. The van der Waals surface area contributed by atoms with Crippen molar-refractivity contribution in [1.29, 1.82) is 0 Å². The molecule has 0 aliphatic carbocycles. The molecular formula is C16H32O4. The van der Waals surface area contributed by atoms with Gasteiger partial charge in [0.2, 0.25) is 0 Å². The van der Waals surface area contributed by atoms with E-state index in [-0.39, 0.29) is 6.10 Å². The maximum atomic E-state index is 5.99. The Morgan fingerprint density at radius 2 is 1.80 bits per heavy atom. The van der Waals surface area contributed by atoms with E-state index in [2.05, 4.69) is 6.92 Å². The van der Waals surface area contributed by atoms with Crippen molar-refractivity contribution >= 4 is 0 Å². The molecule has 4 heteroatoms. The normalized spacial score (nSPS) is 20.1. The van der Waals surface area contributed by atoms with Gasteiger partial charge in [-0.2, -0.15) is 0 Å². The summed E-state index contributed by atoms with van der Waals surface area (Å²) in [5, 5.41) is 0. The Balaban J connectivity index is 2.29. The van der Waals surface area contributed by atoms with Gasteiger partial charge in [-0.1, -0.05) is 39.0 Å². The van der Waals surface area contributed by atoms with Crippen LogP contribution in [0.4, 0.5) is 0 Å². The zero-order valence-corrected chi connectivity index (χ0v) is 13.7. The Morgan fingerprint density at radius 1 is 1.15 bits per heavy atom. The summed E-state index contributed by atoms with van der Waals surface area (Å²) in [6.45, 7) is 5.75. The lowest BCUT2D eigenvalue weighted by Crippen LogP contribution is -2.35. The predicted molar refractivity (Wildman–Crippen MR) is 79.9 cm³/mol. The molecule has 0 N–H and O–H groups in total. The maximum Gasteiger partial charge on any atom is 0.167 e. The summed E-state index contributed by atoms with van der Waals surface area (Å²) >= 11 is 0. The lowest BCUT2D eigenvalue weighted by Gasteiger charge is -2.30. The van der Waals surface area contributed by atoms with E-state index in [1.165, 1.54) is 32.1 Å². The van der Waals surface area contributed by atoms with Crippen molar-refractivity contribution in [3.8, 4) is 0 Å². The minimum absolute atomic E-state index is 0.186. The quantitative estimate of drug-likeness (QED) is 0.295. The van der Waals surface area contributed by atoms with Gasteiger partial charge in [0.1, 0.15) is 6.10 Å². The van der Waals surface area contributed by atoms with E-state index in [0.717, 1.165) is 19.4 Å². The third kappa shape index (κ3) is 7.58. The van der Waals surface area contributed by atoms with Gasteiger partial charge in [0.05, 0.1) is 19.3 Å². The highest BCUT2D eigenvalue weighted by molar-refractivity contribution is 4.74. The summed E-state index contributed by atoms with van der Waals surface area (Å²) < 4.78 is 22.1. The second-order valence-corrected chi connectivity index (χ2v) is 5.86. The Kier molecular flexibility index (Phi) is 8.69. The van der Waals surface area contributed by atoms with Gasteiger partial charge in [0, 0.05) is 20.6 Å². The summed E-state index contributed by atoms with van der Waals surface area (Å²) in [5.74, 6) is -0.557. The molecular weight excluding hydrogens is 256 g/mol. The number of rotatable bonds is 13. The minimum Gasteiger partial charge on any atom is -0.375 e. The number of hydrogen-bond donors (Lipinski definition) is 0. The molecule has 120 valence electrons. The van der Waals surface area contributed by atoms with E-state index in [0.29, 0.717) is 12.7 Å². The highest BCUT2D eigenvalue weighted by Gasteiger charge is 2.30. The molecule has 1 aliphatic heterocycles. The van der Waals surface area contributed by atoms with Gasteiger partial charge in [-0.3, -0.25) is 0 Å². The molecule has 2 atom stereocenters. The average Bonchev–Trinajstić information content (AvgIpc) is 3.28. The second-order valence-electron chi connectivity index (χ2n) is 5.86. The highest BCUT2D eigenvalue weighted by atomic mass is 16.7.